The van der Waals surface area contributed by atoms with E-state index >= 15 is 0 Å². The fourth-order valence-corrected chi connectivity index (χ4v) is 9.06. The van der Waals surface area contributed by atoms with E-state index in [-0.39, 0.29) is 0 Å². The Morgan fingerprint density at radius 3 is 0.911 bits per heavy atom. The Morgan fingerprint density at radius 2 is 0.643 bits per heavy atom. The highest BCUT2D eigenvalue weighted by atomic mass is 16.5. The number of hydrogen-bond acceptors (Lipinski definition) is 6. The van der Waals surface area contributed by atoms with Crippen molar-refractivity contribution in [2.45, 2.75) is 73.5 Å². The number of fused-ring (bicyclic) bond motifs is 3. The molecule has 0 spiro atoms. The normalized spacial score (nSPS) is 14.9. The third-order valence-corrected chi connectivity index (χ3v) is 11.8. The van der Waals surface area contributed by atoms with Crippen molar-refractivity contribution in [3.8, 4) is 17.2 Å². The molecule has 6 aromatic rings. The summed E-state index contributed by atoms with van der Waals surface area (Å²) in [5.41, 5.74) is 17.8. The number of aryl methyl sites for hydroxylation is 6. The standard InChI is InChI=1S/C50H51N3O3/c1-32-14-33(2)18-44(17-32)51-26-38-23-41(8-11-47(38)54-29-51)50(7,42-9-12-48-39(24-42)27-52(30-55-48)45-19-34(3)15-35(4)20-45)43-10-13-49-40(25-43)28-53(31-56-49)46-21-36(5)16-37(6)22-46/h8-25H,26-31H2,1-7H3. The molecule has 0 N–H and O–H groups in total. The second kappa shape index (κ2) is 14.0. The van der Waals surface area contributed by atoms with Crippen LogP contribution in [0.1, 0.15) is 73.7 Å². The zero-order chi connectivity index (χ0) is 38.7. The molecular weight excluding hydrogens is 691 g/mol. The van der Waals surface area contributed by atoms with Gasteiger partial charge in [-0.25, -0.2) is 0 Å². The third-order valence-electron chi connectivity index (χ3n) is 11.8. The highest BCUT2D eigenvalue weighted by Crippen LogP contribution is 2.45. The first-order valence-electron chi connectivity index (χ1n) is 19.8. The quantitative estimate of drug-likeness (QED) is 0.158. The SMILES string of the molecule is Cc1cc(C)cc(N2COc3ccc(C(C)(c4ccc5c(c4)CN(c4cc(C)cc(C)c4)CO5)c4ccc5c(c4)CN(c4cc(C)cc(C)c4)CO5)cc3C2)c1. The summed E-state index contributed by atoms with van der Waals surface area (Å²) < 4.78 is 19.3. The molecular formula is C50H51N3O3. The molecule has 0 bridgehead atoms. The smallest absolute Gasteiger partial charge is 0.161 e. The van der Waals surface area contributed by atoms with Crippen molar-refractivity contribution in [3.05, 3.63) is 176 Å². The van der Waals surface area contributed by atoms with Crippen LogP contribution in [0.25, 0.3) is 0 Å². The summed E-state index contributed by atoms with van der Waals surface area (Å²) in [6.45, 7) is 19.2. The predicted octanol–water partition coefficient (Wildman–Crippen LogP) is 11.0. The van der Waals surface area contributed by atoms with E-state index < -0.39 is 5.41 Å². The lowest BCUT2D eigenvalue weighted by Gasteiger charge is -2.37. The van der Waals surface area contributed by atoms with E-state index in [1.807, 2.05) is 0 Å². The molecule has 0 saturated carbocycles. The second-order valence-corrected chi connectivity index (χ2v) is 16.5. The average Bonchev–Trinajstić information content (AvgIpc) is 3.18. The first-order valence-corrected chi connectivity index (χ1v) is 19.8. The molecule has 6 aromatic carbocycles. The predicted molar refractivity (Wildman–Crippen MR) is 228 cm³/mol. The van der Waals surface area contributed by atoms with Crippen LogP contribution < -0.4 is 28.9 Å². The molecule has 0 fully saturated rings. The number of rotatable bonds is 6. The van der Waals surface area contributed by atoms with E-state index in [0.717, 1.165) is 36.9 Å². The molecule has 0 aliphatic carbocycles. The van der Waals surface area contributed by atoms with Gasteiger partial charge in [0.2, 0.25) is 0 Å². The number of nitrogens with zero attached hydrogens (tertiary/aromatic N) is 3. The molecule has 0 amide bonds. The van der Waals surface area contributed by atoms with Crippen LogP contribution in [-0.4, -0.2) is 20.2 Å². The minimum absolute atomic E-state index is 0.508. The molecule has 284 valence electrons. The Morgan fingerprint density at radius 1 is 0.375 bits per heavy atom. The van der Waals surface area contributed by atoms with Crippen LogP contribution in [0.3, 0.4) is 0 Å². The number of ether oxygens (including phenoxy) is 3. The summed E-state index contributed by atoms with van der Waals surface area (Å²) in [4.78, 5) is 7.00. The van der Waals surface area contributed by atoms with Crippen LogP contribution in [0.2, 0.25) is 0 Å². The van der Waals surface area contributed by atoms with E-state index in [1.54, 1.807) is 0 Å². The van der Waals surface area contributed by atoms with Gasteiger partial charge in [-0.2, -0.15) is 0 Å². The Kier molecular flexibility index (Phi) is 8.95. The van der Waals surface area contributed by atoms with E-state index in [9.17, 15) is 0 Å². The van der Waals surface area contributed by atoms with E-state index in [4.69, 9.17) is 14.2 Å². The number of anilines is 3. The van der Waals surface area contributed by atoms with Crippen molar-refractivity contribution in [3.63, 3.8) is 0 Å². The van der Waals surface area contributed by atoms with Crippen LogP contribution in [0, 0.1) is 41.5 Å². The van der Waals surface area contributed by atoms with Gasteiger partial charge in [0.1, 0.15) is 17.2 Å². The average molecular weight is 742 g/mol. The molecule has 6 heteroatoms. The topological polar surface area (TPSA) is 37.4 Å². The van der Waals surface area contributed by atoms with Gasteiger partial charge in [0.05, 0.1) is 0 Å². The lowest BCUT2D eigenvalue weighted by molar-refractivity contribution is 0.288. The van der Waals surface area contributed by atoms with Gasteiger partial charge in [-0.15, -0.1) is 0 Å². The van der Waals surface area contributed by atoms with Crippen LogP contribution in [0.4, 0.5) is 17.1 Å². The Labute approximate surface area is 331 Å². The molecule has 0 saturated heterocycles. The third kappa shape index (κ3) is 6.72. The van der Waals surface area contributed by atoms with Crippen molar-refractivity contribution >= 4 is 17.1 Å². The Balaban J connectivity index is 1.13. The van der Waals surface area contributed by atoms with Crippen molar-refractivity contribution in [1.82, 2.24) is 0 Å². The maximum absolute atomic E-state index is 6.42. The zero-order valence-electron chi connectivity index (χ0n) is 33.7. The van der Waals surface area contributed by atoms with Crippen molar-refractivity contribution in [2.75, 3.05) is 34.9 Å². The summed E-state index contributed by atoms with van der Waals surface area (Å²) in [6, 6.07) is 40.6. The maximum atomic E-state index is 6.42. The van der Waals surface area contributed by atoms with E-state index in [2.05, 4.69) is 172 Å². The van der Waals surface area contributed by atoms with E-state index in [0.29, 0.717) is 20.2 Å². The first-order chi connectivity index (χ1) is 27.0. The summed E-state index contributed by atoms with van der Waals surface area (Å²) in [6.07, 6.45) is 0. The maximum Gasteiger partial charge on any atom is 0.161 e. The lowest BCUT2D eigenvalue weighted by Crippen LogP contribution is -2.34. The van der Waals surface area contributed by atoms with Crippen molar-refractivity contribution < 1.29 is 14.2 Å². The summed E-state index contributed by atoms with van der Waals surface area (Å²) >= 11 is 0. The van der Waals surface area contributed by atoms with E-state index in [1.165, 1.54) is 83.8 Å². The van der Waals surface area contributed by atoms with Gasteiger partial charge in [0.15, 0.2) is 20.2 Å². The van der Waals surface area contributed by atoms with Gasteiger partial charge in [-0.3, -0.25) is 0 Å². The first kappa shape index (κ1) is 35.8. The molecule has 9 rings (SSSR count). The van der Waals surface area contributed by atoms with Crippen LogP contribution in [-0.2, 0) is 25.0 Å². The zero-order valence-corrected chi connectivity index (χ0v) is 33.7. The molecule has 0 atom stereocenters. The summed E-state index contributed by atoms with van der Waals surface area (Å²) in [7, 11) is 0. The number of hydrogen-bond donors (Lipinski definition) is 0. The van der Waals surface area contributed by atoms with Crippen LogP contribution >= 0.6 is 0 Å². The Hall–Kier alpha value is -5.88. The van der Waals surface area contributed by atoms with Crippen LogP contribution in [0.15, 0.2) is 109 Å². The number of benzene rings is 6. The second-order valence-electron chi connectivity index (χ2n) is 16.5. The van der Waals surface area contributed by atoms with Gasteiger partial charge in [-0.05, 0) is 171 Å². The fraction of sp³-hybridized carbons (Fsp3) is 0.280. The summed E-state index contributed by atoms with van der Waals surface area (Å²) in [5.74, 6) is 2.84. The molecule has 6 nitrogen and oxygen atoms in total. The lowest BCUT2D eigenvalue weighted by atomic mass is 9.70. The minimum Gasteiger partial charge on any atom is -0.473 e. The highest BCUT2D eigenvalue weighted by Gasteiger charge is 2.35. The monoisotopic (exact) mass is 741 g/mol. The molecule has 0 radical (unpaired) electrons. The van der Waals surface area contributed by atoms with Crippen molar-refractivity contribution in [2.24, 2.45) is 0 Å². The van der Waals surface area contributed by atoms with Gasteiger partial charge in [0, 0.05) is 58.8 Å². The van der Waals surface area contributed by atoms with Gasteiger partial charge in [0.25, 0.3) is 0 Å². The molecule has 3 heterocycles. The van der Waals surface area contributed by atoms with Crippen molar-refractivity contribution in [1.29, 1.82) is 0 Å². The molecule has 0 unspecified atom stereocenters. The molecule has 3 aliphatic heterocycles. The molecule has 56 heavy (non-hydrogen) atoms. The largest absolute Gasteiger partial charge is 0.473 e. The Bertz CT molecular complexity index is 2160. The van der Waals surface area contributed by atoms with Gasteiger partial charge in [-0.1, -0.05) is 36.4 Å². The molecule has 3 aliphatic rings. The van der Waals surface area contributed by atoms with Crippen LogP contribution in [0.5, 0.6) is 17.2 Å². The highest BCUT2D eigenvalue weighted by molar-refractivity contribution is 5.61. The molecule has 0 aromatic heterocycles. The fourth-order valence-electron chi connectivity index (χ4n) is 9.06. The van der Waals surface area contributed by atoms with Gasteiger partial charge >= 0.3 is 0 Å². The minimum atomic E-state index is -0.508. The summed E-state index contributed by atoms with van der Waals surface area (Å²) in [5, 5.41) is 0. The van der Waals surface area contributed by atoms with Gasteiger partial charge < -0.3 is 28.9 Å².